The molecule has 9 nitrogen and oxygen atoms in total. The van der Waals surface area contributed by atoms with E-state index >= 15 is 0 Å². The van der Waals surface area contributed by atoms with E-state index in [4.69, 9.17) is 4.74 Å². The smallest absolute Gasteiger partial charge is 0.250 e. The van der Waals surface area contributed by atoms with Gasteiger partial charge in [0.25, 0.3) is 0 Å². The molecule has 0 spiro atoms. The lowest BCUT2D eigenvalue weighted by Gasteiger charge is -2.45. The van der Waals surface area contributed by atoms with Crippen molar-refractivity contribution in [2.24, 2.45) is 0 Å². The fourth-order valence-corrected chi connectivity index (χ4v) is 7.12. The highest BCUT2D eigenvalue weighted by Crippen LogP contribution is 2.41. The summed E-state index contributed by atoms with van der Waals surface area (Å²) >= 11 is 0. The predicted octanol–water partition coefficient (Wildman–Crippen LogP) is 3.28. The van der Waals surface area contributed by atoms with E-state index in [1.54, 1.807) is 12.1 Å². The Morgan fingerprint density at radius 3 is 2.45 bits per heavy atom. The first kappa shape index (κ1) is 26.5. The molecule has 1 atom stereocenters. The molecule has 3 heterocycles. The third-order valence-corrected chi connectivity index (χ3v) is 9.47. The largest absolute Gasteiger partial charge is 0.494 e. The Hall–Kier alpha value is -3.11. The average molecular weight is 541 g/mol. The minimum Gasteiger partial charge on any atom is -0.494 e. The number of ether oxygens (including phenoxy) is 1. The normalized spacial score (nSPS) is 20.0. The van der Waals surface area contributed by atoms with Crippen molar-refractivity contribution >= 4 is 33.2 Å². The van der Waals surface area contributed by atoms with Crippen molar-refractivity contribution in [3.05, 3.63) is 48.0 Å². The van der Waals surface area contributed by atoms with Crippen molar-refractivity contribution in [3.63, 3.8) is 0 Å². The SMILES string of the molecule is CCOc1ccc(CNC(=O)CN2C(=O)[C@@H]3CCCCN3c3ccc(S(=O)(=O)N4CCCCC4)cc32)cc1. The van der Waals surface area contributed by atoms with Crippen LogP contribution in [0.4, 0.5) is 11.4 Å². The van der Waals surface area contributed by atoms with E-state index in [0.717, 1.165) is 62.1 Å². The third-order valence-electron chi connectivity index (χ3n) is 7.58. The van der Waals surface area contributed by atoms with Gasteiger partial charge >= 0.3 is 0 Å². The molecule has 0 saturated carbocycles. The van der Waals surface area contributed by atoms with E-state index in [-0.39, 0.29) is 29.3 Å². The second kappa shape index (κ2) is 11.3. The summed E-state index contributed by atoms with van der Waals surface area (Å²) in [5.41, 5.74) is 2.22. The van der Waals surface area contributed by atoms with Crippen molar-refractivity contribution in [3.8, 4) is 5.75 Å². The van der Waals surface area contributed by atoms with Gasteiger partial charge in [0.1, 0.15) is 18.3 Å². The minimum atomic E-state index is -3.68. The molecule has 0 unspecified atom stereocenters. The van der Waals surface area contributed by atoms with Crippen LogP contribution in [0, 0.1) is 0 Å². The van der Waals surface area contributed by atoms with Crippen molar-refractivity contribution in [1.82, 2.24) is 9.62 Å². The predicted molar refractivity (Wildman–Crippen MR) is 146 cm³/mol. The van der Waals surface area contributed by atoms with Crippen molar-refractivity contribution < 1.29 is 22.7 Å². The molecule has 3 aliphatic heterocycles. The maximum absolute atomic E-state index is 13.6. The van der Waals surface area contributed by atoms with Gasteiger partial charge < -0.3 is 15.0 Å². The number of hydrogen-bond donors (Lipinski definition) is 1. The number of carbonyl (C=O) groups is 2. The molecule has 2 fully saturated rings. The number of rotatable bonds is 8. The molecular formula is C28H36N4O5S. The number of sulfonamides is 1. The monoisotopic (exact) mass is 540 g/mol. The second-order valence-corrected chi connectivity index (χ2v) is 12.0. The molecule has 2 aromatic carbocycles. The van der Waals surface area contributed by atoms with Crippen LogP contribution in [-0.2, 0) is 26.2 Å². The zero-order chi connectivity index (χ0) is 26.7. The molecule has 2 aromatic rings. The van der Waals surface area contributed by atoms with Crippen LogP contribution in [-0.4, -0.2) is 63.4 Å². The molecule has 10 heteroatoms. The maximum Gasteiger partial charge on any atom is 0.250 e. The number of nitrogens with one attached hydrogen (secondary N) is 1. The summed E-state index contributed by atoms with van der Waals surface area (Å²) in [4.78, 5) is 30.4. The number of amides is 2. The molecular weight excluding hydrogens is 504 g/mol. The van der Waals surface area contributed by atoms with Gasteiger partial charge in [-0.25, -0.2) is 8.42 Å². The molecule has 5 rings (SSSR count). The van der Waals surface area contributed by atoms with Crippen molar-refractivity contribution in [2.45, 2.75) is 62.9 Å². The van der Waals surface area contributed by atoms with Crippen LogP contribution >= 0.6 is 0 Å². The topological polar surface area (TPSA) is 99.3 Å². The highest BCUT2D eigenvalue weighted by molar-refractivity contribution is 7.89. The van der Waals surface area contributed by atoms with Gasteiger partial charge in [-0.05, 0) is 74.9 Å². The van der Waals surface area contributed by atoms with Gasteiger partial charge in [0, 0.05) is 26.2 Å². The Bertz CT molecular complexity index is 1270. The first-order chi connectivity index (χ1) is 18.4. The van der Waals surface area contributed by atoms with Crippen molar-refractivity contribution in [2.75, 3.05) is 42.6 Å². The molecule has 0 aliphatic carbocycles. The van der Waals surface area contributed by atoms with E-state index in [0.29, 0.717) is 31.9 Å². The van der Waals surface area contributed by atoms with E-state index < -0.39 is 10.0 Å². The molecule has 2 amide bonds. The van der Waals surface area contributed by atoms with Gasteiger partial charge in [0.2, 0.25) is 21.8 Å². The third kappa shape index (κ3) is 5.37. The molecule has 2 saturated heterocycles. The summed E-state index contributed by atoms with van der Waals surface area (Å²) in [5.74, 6) is 0.318. The quantitative estimate of drug-likeness (QED) is 0.552. The van der Waals surface area contributed by atoms with E-state index in [1.807, 2.05) is 37.3 Å². The number of benzene rings is 2. The average Bonchev–Trinajstić information content (AvgIpc) is 2.95. The fourth-order valence-electron chi connectivity index (χ4n) is 5.59. The molecule has 204 valence electrons. The van der Waals surface area contributed by atoms with Gasteiger partial charge in [-0.15, -0.1) is 0 Å². The number of carbonyl (C=O) groups excluding carboxylic acids is 2. The molecule has 3 aliphatic rings. The summed E-state index contributed by atoms with van der Waals surface area (Å²) < 4.78 is 33.8. The van der Waals surface area contributed by atoms with E-state index in [9.17, 15) is 18.0 Å². The Kier molecular flexibility index (Phi) is 7.90. The molecule has 1 N–H and O–H groups in total. The lowest BCUT2D eigenvalue weighted by atomic mass is 9.96. The van der Waals surface area contributed by atoms with Crippen LogP contribution in [0.2, 0.25) is 0 Å². The number of nitrogens with zero attached hydrogens (tertiary/aromatic N) is 3. The van der Waals surface area contributed by atoms with Gasteiger partial charge in [-0.2, -0.15) is 4.31 Å². The Morgan fingerprint density at radius 1 is 0.974 bits per heavy atom. The Labute approximate surface area is 224 Å². The van der Waals surface area contributed by atoms with Crippen LogP contribution in [0.5, 0.6) is 5.75 Å². The first-order valence-corrected chi connectivity index (χ1v) is 15.0. The van der Waals surface area contributed by atoms with Crippen molar-refractivity contribution in [1.29, 1.82) is 0 Å². The number of fused-ring (bicyclic) bond motifs is 3. The second-order valence-electron chi connectivity index (χ2n) is 10.1. The summed E-state index contributed by atoms with van der Waals surface area (Å²) in [5, 5.41) is 2.90. The summed E-state index contributed by atoms with van der Waals surface area (Å²) in [6.07, 6.45) is 5.36. The fraction of sp³-hybridized carbons (Fsp3) is 0.500. The lowest BCUT2D eigenvalue weighted by Crippen LogP contribution is -2.57. The van der Waals surface area contributed by atoms with Crippen LogP contribution in [0.1, 0.15) is 51.0 Å². The first-order valence-electron chi connectivity index (χ1n) is 13.6. The minimum absolute atomic E-state index is 0.152. The number of anilines is 2. The van der Waals surface area contributed by atoms with Crippen LogP contribution < -0.4 is 19.9 Å². The molecule has 0 radical (unpaired) electrons. The number of piperidine rings is 2. The van der Waals surface area contributed by atoms with Crippen LogP contribution in [0.3, 0.4) is 0 Å². The summed E-state index contributed by atoms with van der Waals surface area (Å²) in [7, 11) is -3.68. The Balaban J connectivity index is 1.38. The zero-order valence-corrected chi connectivity index (χ0v) is 22.7. The van der Waals surface area contributed by atoms with Crippen LogP contribution in [0.25, 0.3) is 0 Å². The van der Waals surface area contributed by atoms with E-state index in [1.165, 1.54) is 9.21 Å². The maximum atomic E-state index is 13.6. The van der Waals surface area contributed by atoms with Gasteiger partial charge in [-0.1, -0.05) is 18.6 Å². The number of hydrogen-bond acceptors (Lipinski definition) is 6. The van der Waals surface area contributed by atoms with E-state index in [2.05, 4.69) is 10.2 Å². The summed E-state index contributed by atoms with van der Waals surface area (Å²) in [6.45, 7) is 4.40. The summed E-state index contributed by atoms with van der Waals surface area (Å²) in [6, 6.07) is 12.2. The van der Waals surface area contributed by atoms with Gasteiger partial charge in [-0.3, -0.25) is 14.5 Å². The molecule has 0 aromatic heterocycles. The zero-order valence-electron chi connectivity index (χ0n) is 21.9. The highest BCUT2D eigenvalue weighted by Gasteiger charge is 2.41. The highest BCUT2D eigenvalue weighted by atomic mass is 32.2. The molecule has 38 heavy (non-hydrogen) atoms. The molecule has 0 bridgehead atoms. The standard InChI is InChI=1S/C28H36N4O5S/c1-2-37-22-11-9-21(10-12-22)19-29-27(33)20-32-26-18-23(38(35,36)30-15-5-3-6-16-30)13-14-24(26)31-17-7-4-8-25(31)28(32)34/h9-14,18,25H,2-8,15-17,19-20H2,1H3,(H,29,33)/t25-/m0/s1. The van der Waals surface area contributed by atoms with Gasteiger partial charge in [0.15, 0.2) is 0 Å². The van der Waals surface area contributed by atoms with Gasteiger partial charge in [0.05, 0.1) is 22.9 Å². The lowest BCUT2D eigenvalue weighted by molar-refractivity contribution is -0.125. The van der Waals surface area contributed by atoms with Crippen LogP contribution in [0.15, 0.2) is 47.4 Å². The Morgan fingerprint density at radius 2 is 1.71 bits per heavy atom.